The number of aromatic nitrogens is 2. The van der Waals surface area contributed by atoms with E-state index in [1.54, 1.807) is 17.2 Å². The Kier molecular flexibility index (Phi) is 5.23. The maximum Gasteiger partial charge on any atom is 0.237 e. The van der Waals surface area contributed by atoms with Crippen molar-refractivity contribution < 1.29 is 4.79 Å². The fraction of sp³-hybridized carbons (Fsp3) is 0.105. The summed E-state index contributed by atoms with van der Waals surface area (Å²) in [4.78, 5) is 14.4. The number of nitrogens with zero attached hydrogens (tertiary/aromatic N) is 3. The van der Waals surface area contributed by atoms with Crippen molar-refractivity contribution in [2.24, 2.45) is 0 Å². The molecule has 0 unspecified atom stereocenters. The second kappa shape index (κ2) is 7.75. The van der Waals surface area contributed by atoms with Crippen LogP contribution < -0.4 is 4.90 Å². The molecule has 24 heavy (non-hydrogen) atoms. The highest BCUT2D eigenvalue weighted by molar-refractivity contribution is 8.00. The quantitative estimate of drug-likeness (QED) is 0.506. The van der Waals surface area contributed by atoms with Crippen LogP contribution in [0, 0.1) is 0 Å². The van der Waals surface area contributed by atoms with E-state index in [1.165, 1.54) is 11.8 Å². The van der Waals surface area contributed by atoms with Crippen molar-refractivity contribution in [3.05, 3.63) is 73.4 Å². The minimum absolute atomic E-state index is 0.0147. The predicted molar refractivity (Wildman–Crippen MR) is 99.3 cm³/mol. The van der Waals surface area contributed by atoms with E-state index in [9.17, 15) is 4.79 Å². The molecule has 1 amide bonds. The third-order valence-corrected chi connectivity index (χ3v) is 4.52. The highest BCUT2D eigenvalue weighted by Crippen LogP contribution is 2.25. The van der Waals surface area contributed by atoms with E-state index < -0.39 is 0 Å². The molecule has 0 spiro atoms. The van der Waals surface area contributed by atoms with E-state index in [-0.39, 0.29) is 5.91 Å². The maximum absolute atomic E-state index is 12.7. The number of anilines is 1. The third-order valence-electron chi connectivity index (χ3n) is 3.55. The number of para-hydroxylation sites is 1. The Labute approximate surface area is 145 Å². The summed E-state index contributed by atoms with van der Waals surface area (Å²) >= 11 is 1.41. The highest BCUT2D eigenvalue weighted by Gasteiger charge is 2.15. The van der Waals surface area contributed by atoms with E-state index in [0.717, 1.165) is 21.5 Å². The van der Waals surface area contributed by atoms with Crippen molar-refractivity contribution in [2.75, 3.05) is 17.2 Å². The molecule has 0 saturated carbocycles. The van der Waals surface area contributed by atoms with Crippen LogP contribution in [0.25, 0.3) is 10.8 Å². The van der Waals surface area contributed by atoms with Crippen molar-refractivity contribution in [3.63, 3.8) is 0 Å². The van der Waals surface area contributed by atoms with Crippen LogP contribution in [-0.4, -0.2) is 28.4 Å². The van der Waals surface area contributed by atoms with Gasteiger partial charge in [-0.25, -0.2) is 0 Å². The van der Waals surface area contributed by atoms with Crippen LogP contribution in [-0.2, 0) is 4.79 Å². The molecule has 0 N–H and O–H groups in total. The lowest BCUT2D eigenvalue weighted by molar-refractivity contribution is -0.116. The van der Waals surface area contributed by atoms with Crippen molar-refractivity contribution in [1.82, 2.24) is 10.2 Å². The van der Waals surface area contributed by atoms with Gasteiger partial charge in [0.25, 0.3) is 0 Å². The van der Waals surface area contributed by atoms with Gasteiger partial charge in [-0.15, -0.1) is 11.7 Å². The van der Waals surface area contributed by atoms with E-state index in [2.05, 4.69) is 16.8 Å². The molecule has 0 saturated heterocycles. The third kappa shape index (κ3) is 3.63. The van der Waals surface area contributed by atoms with E-state index in [0.29, 0.717) is 12.3 Å². The number of carbonyl (C=O) groups excluding carboxylic acids is 1. The van der Waals surface area contributed by atoms with Crippen LogP contribution >= 0.6 is 11.8 Å². The molecule has 0 atom stereocenters. The SMILES string of the molecule is C=CCN(C(=O)CSc1nncc2ccccc12)c1ccccc1. The monoisotopic (exact) mass is 335 g/mol. The number of thioether (sulfide) groups is 1. The van der Waals surface area contributed by atoms with Crippen molar-refractivity contribution in [2.45, 2.75) is 5.03 Å². The van der Waals surface area contributed by atoms with Gasteiger partial charge in [0.15, 0.2) is 0 Å². The molecule has 2 aromatic carbocycles. The van der Waals surface area contributed by atoms with Crippen molar-refractivity contribution in [3.8, 4) is 0 Å². The smallest absolute Gasteiger partial charge is 0.237 e. The summed E-state index contributed by atoms with van der Waals surface area (Å²) in [7, 11) is 0. The first-order valence-electron chi connectivity index (χ1n) is 7.59. The molecule has 0 aliphatic carbocycles. The Balaban J connectivity index is 1.77. The maximum atomic E-state index is 12.7. The Hall–Kier alpha value is -2.66. The molecule has 0 radical (unpaired) electrons. The first-order valence-corrected chi connectivity index (χ1v) is 8.57. The fourth-order valence-corrected chi connectivity index (χ4v) is 3.27. The first kappa shape index (κ1) is 16.2. The van der Waals surface area contributed by atoms with Crippen LogP contribution in [0.3, 0.4) is 0 Å². The Morgan fingerprint density at radius 2 is 1.88 bits per heavy atom. The molecule has 5 heteroatoms. The number of benzene rings is 2. The van der Waals surface area contributed by atoms with Crippen molar-refractivity contribution >= 4 is 34.1 Å². The average Bonchev–Trinajstić information content (AvgIpc) is 2.65. The van der Waals surface area contributed by atoms with Gasteiger partial charge in [0, 0.05) is 23.0 Å². The summed E-state index contributed by atoms with van der Waals surface area (Å²) in [5, 5.41) is 11.0. The lowest BCUT2D eigenvalue weighted by atomic mass is 10.2. The molecule has 0 fully saturated rings. The number of hydrogen-bond donors (Lipinski definition) is 0. The second-order valence-corrected chi connectivity index (χ2v) is 6.12. The normalized spacial score (nSPS) is 10.5. The summed E-state index contributed by atoms with van der Waals surface area (Å²) in [5.74, 6) is 0.312. The molecule has 120 valence electrons. The molecule has 3 rings (SSSR count). The average molecular weight is 335 g/mol. The minimum Gasteiger partial charge on any atom is -0.308 e. The largest absolute Gasteiger partial charge is 0.308 e. The standard InChI is InChI=1S/C19H17N3OS/c1-2-12-22(16-9-4-3-5-10-16)18(23)14-24-19-17-11-7-6-8-15(17)13-20-21-19/h2-11,13H,1,12,14H2. The van der Waals surface area contributed by atoms with Crippen LogP contribution in [0.15, 0.2) is 78.5 Å². The molecule has 3 aromatic rings. The first-order chi connectivity index (χ1) is 11.8. The van der Waals surface area contributed by atoms with Crippen LogP contribution in [0.5, 0.6) is 0 Å². The lowest BCUT2D eigenvalue weighted by Gasteiger charge is -2.21. The Morgan fingerprint density at radius 1 is 1.12 bits per heavy atom. The van der Waals surface area contributed by atoms with Gasteiger partial charge in [-0.05, 0) is 12.1 Å². The zero-order valence-electron chi connectivity index (χ0n) is 13.1. The van der Waals surface area contributed by atoms with Gasteiger partial charge in [-0.2, -0.15) is 5.10 Å². The zero-order chi connectivity index (χ0) is 16.8. The molecular weight excluding hydrogens is 318 g/mol. The molecule has 0 aliphatic heterocycles. The van der Waals surface area contributed by atoms with Gasteiger partial charge >= 0.3 is 0 Å². The predicted octanol–water partition coefficient (Wildman–Crippen LogP) is 3.94. The summed E-state index contributed by atoms with van der Waals surface area (Å²) in [6, 6.07) is 17.5. The van der Waals surface area contributed by atoms with E-state index in [1.807, 2.05) is 54.6 Å². The molecule has 1 aromatic heterocycles. The number of amides is 1. The van der Waals surface area contributed by atoms with E-state index >= 15 is 0 Å². The topological polar surface area (TPSA) is 46.1 Å². The molecule has 4 nitrogen and oxygen atoms in total. The van der Waals surface area contributed by atoms with E-state index in [4.69, 9.17) is 0 Å². The lowest BCUT2D eigenvalue weighted by Crippen LogP contribution is -2.32. The zero-order valence-corrected chi connectivity index (χ0v) is 13.9. The number of rotatable bonds is 6. The van der Waals surface area contributed by atoms with Crippen LogP contribution in [0.2, 0.25) is 0 Å². The highest BCUT2D eigenvalue weighted by atomic mass is 32.2. The van der Waals surface area contributed by atoms with Crippen molar-refractivity contribution in [1.29, 1.82) is 0 Å². The van der Waals surface area contributed by atoms with Gasteiger partial charge < -0.3 is 4.90 Å². The van der Waals surface area contributed by atoms with Crippen LogP contribution in [0.4, 0.5) is 5.69 Å². The number of hydrogen-bond acceptors (Lipinski definition) is 4. The number of fused-ring (bicyclic) bond motifs is 1. The Morgan fingerprint density at radius 3 is 2.67 bits per heavy atom. The Bertz CT molecular complexity index is 846. The minimum atomic E-state index is 0.0147. The number of carbonyl (C=O) groups is 1. The molecular formula is C19H17N3OS. The summed E-state index contributed by atoms with van der Waals surface area (Å²) in [5.41, 5.74) is 0.868. The summed E-state index contributed by atoms with van der Waals surface area (Å²) in [6.45, 7) is 4.22. The molecule has 0 aliphatic rings. The van der Waals surface area contributed by atoms with Gasteiger partial charge in [0.05, 0.1) is 11.9 Å². The summed E-state index contributed by atoms with van der Waals surface area (Å²) < 4.78 is 0. The second-order valence-electron chi connectivity index (χ2n) is 5.15. The van der Waals surface area contributed by atoms with Gasteiger partial charge in [-0.3, -0.25) is 4.79 Å². The summed E-state index contributed by atoms with van der Waals surface area (Å²) in [6.07, 6.45) is 3.46. The fourth-order valence-electron chi connectivity index (χ4n) is 2.40. The molecule has 0 bridgehead atoms. The molecule has 1 heterocycles. The van der Waals surface area contributed by atoms with Gasteiger partial charge in [-0.1, -0.05) is 60.3 Å². The van der Waals surface area contributed by atoms with Gasteiger partial charge in [0.1, 0.15) is 5.03 Å². The van der Waals surface area contributed by atoms with Gasteiger partial charge in [0.2, 0.25) is 5.91 Å². The van der Waals surface area contributed by atoms with Crippen LogP contribution in [0.1, 0.15) is 0 Å².